The number of aliphatic hydroxyl groups is 1. The number of rotatable bonds is 4. The van der Waals surface area contributed by atoms with Crippen LogP contribution >= 0.6 is 0 Å². The van der Waals surface area contributed by atoms with Gasteiger partial charge < -0.3 is 5.11 Å². The smallest absolute Gasteiger partial charge is 0.133 e. The maximum Gasteiger partial charge on any atom is 0.133 e. The number of Topliss-reactive ketones (excluding diaryl/α,β-unsaturated/α-hetero) is 1. The lowest BCUT2D eigenvalue weighted by molar-refractivity contribution is -0.117. The number of hydrogen-bond acceptors (Lipinski definition) is 2. The van der Waals surface area contributed by atoms with Gasteiger partial charge in [-0.3, -0.25) is 4.79 Å². The second-order valence-electron chi connectivity index (χ2n) is 4.83. The highest BCUT2D eigenvalue weighted by Crippen LogP contribution is 2.23. The largest absolute Gasteiger partial charge is 0.389 e. The number of aliphatic hydroxyl groups excluding tert-OH is 1. The average molecular weight is 248 g/mol. The third-order valence-corrected chi connectivity index (χ3v) is 3.22. The van der Waals surface area contributed by atoms with Crippen molar-refractivity contribution in [2.75, 3.05) is 0 Å². The summed E-state index contributed by atoms with van der Waals surface area (Å²) < 4.78 is 13.0. The summed E-state index contributed by atoms with van der Waals surface area (Å²) >= 11 is 0. The molecule has 1 fully saturated rings. The molecular weight excluding hydrogens is 231 g/mol. The summed E-state index contributed by atoms with van der Waals surface area (Å²) in [6, 6.07) is 6.24. The third kappa shape index (κ3) is 3.77. The molecule has 1 aromatic carbocycles. The van der Waals surface area contributed by atoms with E-state index in [1.54, 1.807) is 18.2 Å². The molecule has 1 unspecified atom stereocenters. The van der Waals surface area contributed by atoms with Gasteiger partial charge in [0.25, 0.3) is 0 Å². The first-order chi connectivity index (χ1) is 8.63. The molecule has 18 heavy (non-hydrogen) atoms. The Balaban J connectivity index is 1.86. The molecule has 0 amide bonds. The Morgan fingerprint density at radius 2 is 2.33 bits per heavy atom. The van der Waals surface area contributed by atoms with Crippen molar-refractivity contribution in [2.45, 2.75) is 31.8 Å². The van der Waals surface area contributed by atoms with Gasteiger partial charge >= 0.3 is 0 Å². The summed E-state index contributed by atoms with van der Waals surface area (Å²) in [4.78, 5) is 11.1. The predicted molar refractivity (Wildman–Crippen MR) is 67.6 cm³/mol. The molecule has 3 heteroatoms. The molecule has 0 radical (unpaired) electrons. The Kier molecular flexibility index (Phi) is 4.26. The molecule has 96 valence electrons. The first-order valence-electron chi connectivity index (χ1n) is 6.26. The van der Waals surface area contributed by atoms with Crippen LogP contribution in [0.5, 0.6) is 0 Å². The van der Waals surface area contributed by atoms with E-state index in [2.05, 4.69) is 0 Å². The molecule has 0 aromatic heterocycles. The first-order valence-corrected chi connectivity index (χ1v) is 6.26. The lowest BCUT2D eigenvalue weighted by Gasteiger charge is -2.07. The molecule has 0 aliphatic heterocycles. The van der Waals surface area contributed by atoms with Crippen LogP contribution in [0.3, 0.4) is 0 Å². The minimum Gasteiger partial charge on any atom is -0.389 e. The number of ketones is 1. The maximum atomic E-state index is 13.0. The van der Waals surface area contributed by atoms with Crippen molar-refractivity contribution < 1.29 is 14.3 Å². The summed E-state index contributed by atoms with van der Waals surface area (Å²) in [5.74, 6) is 0.272. The zero-order valence-electron chi connectivity index (χ0n) is 10.2. The fourth-order valence-electron chi connectivity index (χ4n) is 2.27. The van der Waals surface area contributed by atoms with E-state index < -0.39 is 6.10 Å². The number of carbonyl (C=O) groups is 1. The van der Waals surface area contributed by atoms with Crippen LogP contribution < -0.4 is 0 Å². The Bertz CT molecular complexity index is 454. The van der Waals surface area contributed by atoms with Gasteiger partial charge in [0.15, 0.2) is 0 Å². The second-order valence-corrected chi connectivity index (χ2v) is 4.83. The summed E-state index contributed by atoms with van der Waals surface area (Å²) in [7, 11) is 0. The van der Waals surface area contributed by atoms with Crippen molar-refractivity contribution in [1.82, 2.24) is 0 Å². The van der Waals surface area contributed by atoms with Gasteiger partial charge in [-0.25, -0.2) is 4.39 Å². The molecule has 0 spiro atoms. The molecule has 1 N–H and O–H groups in total. The highest BCUT2D eigenvalue weighted by molar-refractivity contribution is 5.80. The standard InChI is InChI=1S/C15H17FO2/c16-13-3-1-2-12(8-13)10-15(18)7-5-11-4-6-14(17)9-11/h1-3,5,7-8,11,15,18H,4,6,9-10H2/b7-5+/t11-,15?/m1/s1. The summed E-state index contributed by atoms with van der Waals surface area (Å²) in [6.07, 6.45) is 5.51. The Morgan fingerprint density at radius 1 is 1.50 bits per heavy atom. The molecule has 0 saturated heterocycles. The number of allylic oxidation sites excluding steroid dienone is 1. The van der Waals surface area contributed by atoms with Gasteiger partial charge in [0.1, 0.15) is 11.6 Å². The van der Waals surface area contributed by atoms with E-state index in [4.69, 9.17) is 0 Å². The van der Waals surface area contributed by atoms with E-state index in [0.717, 1.165) is 12.0 Å². The van der Waals surface area contributed by atoms with Crippen LogP contribution in [0.2, 0.25) is 0 Å². The maximum absolute atomic E-state index is 13.0. The Morgan fingerprint density at radius 3 is 3.00 bits per heavy atom. The van der Waals surface area contributed by atoms with Gasteiger partial charge in [0.2, 0.25) is 0 Å². The van der Waals surface area contributed by atoms with Gasteiger partial charge in [0.05, 0.1) is 6.10 Å². The second kappa shape index (κ2) is 5.91. The quantitative estimate of drug-likeness (QED) is 0.832. The van der Waals surface area contributed by atoms with Gasteiger partial charge in [-0.15, -0.1) is 0 Å². The van der Waals surface area contributed by atoms with Crippen molar-refractivity contribution >= 4 is 5.78 Å². The molecule has 2 atom stereocenters. The summed E-state index contributed by atoms with van der Waals surface area (Å²) in [5, 5.41) is 9.83. The predicted octanol–water partition coefficient (Wildman–Crippen LogP) is 2.65. The van der Waals surface area contributed by atoms with Gasteiger partial charge in [0, 0.05) is 19.3 Å². The van der Waals surface area contributed by atoms with Crippen LogP contribution in [-0.2, 0) is 11.2 Å². The van der Waals surface area contributed by atoms with Crippen LogP contribution in [-0.4, -0.2) is 17.0 Å². The van der Waals surface area contributed by atoms with E-state index in [9.17, 15) is 14.3 Å². The molecule has 1 aliphatic rings. The molecule has 0 heterocycles. The summed E-state index contributed by atoms with van der Waals surface area (Å²) in [6.45, 7) is 0. The lowest BCUT2D eigenvalue weighted by atomic mass is 10.0. The molecule has 1 aliphatic carbocycles. The van der Waals surface area contributed by atoms with Crippen molar-refractivity contribution in [2.24, 2.45) is 5.92 Å². The summed E-state index contributed by atoms with van der Waals surface area (Å²) in [5.41, 5.74) is 0.773. The average Bonchev–Trinajstić information content (AvgIpc) is 2.73. The van der Waals surface area contributed by atoms with E-state index in [-0.39, 0.29) is 11.7 Å². The Hall–Kier alpha value is -1.48. The SMILES string of the molecule is O=C1CC[C@H](/C=C/C(O)Cc2cccc(F)c2)C1. The minimum atomic E-state index is -0.623. The van der Waals surface area contributed by atoms with E-state index >= 15 is 0 Å². The molecule has 2 nitrogen and oxygen atoms in total. The molecule has 1 aromatic rings. The minimum absolute atomic E-state index is 0.264. The highest BCUT2D eigenvalue weighted by Gasteiger charge is 2.19. The van der Waals surface area contributed by atoms with Crippen LogP contribution in [0.15, 0.2) is 36.4 Å². The highest BCUT2D eigenvalue weighted by atomic mass is 19.1. The zero-order valence-corrected chi connectivity index (χ0v) is 10.2. The molecule has 1 saturated carbocycles. The number of halogens is 1. The molecule has 0 bridgehead atoms. The fraction of sp³-hybridized carbons (Fsp3) is 0.400. The van der Waals surface area contributed by atoms with Crippen LogP contribution in [0.1, 0.15) is 24.8 Å². The van der Waals surface area contributed by atoms with Crippen molar-refractivity contribution in [3.05, 3.63) is 47.8 Å². The van der Waals surface area contributed by atoms with Crippen LogP contribution in [0, 0.1) is 11.7 Å². The van der Waals surface area contributed by atoms with E-state index in [1.807, 2.05) is 6.08 Å². The monoisotopic (exact) mass is 248 g/mol. The van der Waals surface area contributed by atoms with E-state index in [1.165, 1.54) is 12.1 Å². The number of carbonyl (C=O) groups excluding carboxylic acids is 1. The number of benzene rings is 1. The van der Waals surface area contributed by atoms with Crippen LogP contribution in [0.25, 0.3) is 0 Å². The fourth-order valence-corrected chi connectivity index (χ4v) is 2.27. The van der Waals surface area contributed by atoms with Gasteiger partial charge in [-0.2, -0.15) is 0 Å². The molecule has 2 rings (SSSR count). The van der Waals surface area contributed by atoms with Gasteiger partial charge in [-0.05, 0) is 30.0 Å². The van der Waals surface area contributed by atoms with Crippen molar-refractivity contribution in [3.8, 4) is 0 Å². The molecular formula is C15H17FO2. The lowest BCUT2D eigenvalue weighted by Crippen LogP contribution is -2.07. The Labute approximate surface area is 106 Å². The van der Waals surface area contributed by atoms with Crippen molar-refractivity contribution in [1.29, 1.82) is 0 Å². The normalized spacial score (nSPS) is 21.7. The van der Waals surface area contributed by atoms with Crippen molar-refractivity contribution in [3.63, 3.8) is 0 Å². The van der Waals surface area contributed by atoms with Gasteiger partial charge in [-0.1, -0.05) is 24.3 Å². The first kappa shape index (κ1) is 13.0. The topological polar surface area (TPSA) is 37.3 Å². The van der Waals surface area contributed by atoms with Crippen LogP contribution in [0.4, 0.5) is 4.39 Å². The zero-order chi connectivity index (χ0) is 13.0. The third-order valence-electron chi connectivity index (χ3n) is 3.22. The number of hydrogen-bond donors (Lipinski definition) is 1. The van der Waals surface area contributed by atoms with E-state index in [0.29, 0.717) is 25.0 Å².